The van der Waals surface area contributed by atoms with E-state index in [1.54, 1.807) is 0 Å². The van der Waals surface area contributed by atoms with E-state index >= 15 is 4.39 Å². The summed E-state index contributed by atoms with van der Waals surface area (Å²) in [6.07, 6.45) is 1.46. The van der Waals surface area contributed by atoms with Crippen molar-refractivity contribution in [2.45, 2.75) is 0 Å². The van der Waals surface area contributed by atoms with Crippen LogP contribution in [0.25, 0.3) is 16.6 Å². The monoisotopic (exact) mass is 643 g/mol. The summed E-state index contributed by atoms with van der Waals surface area (Å²) in [5.74, 6) is -6.77. The first-order valence-corrected chi connectivity index (χ1v) is 11.9. The Bertz CT molecular complexity index is 1570. The summed E-state index contributed by atoms with van der Waals surface area (Å²) in [5, 5.41) is 14.6. The number of nitro groups is 1. The molecule has 2 heterocycles. The van der Waals surface area contributed by atoms with Gasteiger partial charge in [-0.3, -0.25) is 14.9 Å². The second-order valence-corrected chi connectivity index (χ2v) is 9.10. The fourth-order valence-corrected chi connectivity index (χ4v) is 4.90. The molecule has 8 nitrogen and oxygen atoms in total. The average molecular weight is 643 g/mol. The van der Waals surface area contributed by atoms with Crippen molar-refractivity contribution in [3.05, 3.63) is 90.8 Å². The fraction of sp³-hybridized carbons (Fsp3) is 0.160. The normalized spacial score (nSPS) is 11.1. The van der Waals surface area contributed by atoms with Crippen LogP contribution in [0.2, 0.25) is 0 Å². The number of hydrogen-bond donors (Lipinski definition) is 1. The van der Waals surface area contributed by atoms with Crippen molar-refractivity contribution < 1.29 is 36.8 Å². The molecule has 0 radical (unpaired) electrons. The molecule has 0 amide bonds. The number of ether oxygens (including phenoxy) is 2. The number of methoxy groups -OCH3 is 2. The largest absolute Gasteiger partial charge is 0.496 e. The molecule has 0 spiro atoms. The molecule has 198 valence electrons. The Balaban J connectivity index is 1.94. The number of carbonyl (C=O) groups excluding carboxylic acids is 1. The maximum Gasteiger partial charge on any atom is 0.328 e. The van der Waals surface area contributed by atoms with E-state index in [9.17, 15) is 28.1 Å². The van der Waals surface area contributed by atoms with Crippen LogP contribution in [0, 0.1) is 37.0 Å². The summed E-state index contributed by atoms with van der Waals surface area (Å²) in [4.78, 5) is 24.1. The Labute approximate surface area is 226 Å². The molecule has 0 saturated carbocycles. The lowest BCUT2D eigenvalue weighted by Gasteiger charge is -2.16. The van der Waals surface area contributed by atoms with E-state index in [-0.39, 0.29) is 46.9 Å². The fourth-order valence-electron chi connectivity index (χ4n) is 4.05. The minimum Gasteiger partial charge on any atom is -0.496 e. The van der Waals surface area contributed by atoms with E-state index in [1.807, 2.05) is 22.6 Å². The molecule has 0 aliphatic rings. The molecule has 0 aliphatic heterocycles. The third-order valence-corrected chi connectivity index (χ3v) is 6.54. The summed E-state index contributed by atoms with van der Waals surface area (Å²) < 4.78 is 68.9. The third kappa shape index (κ3) is 4.78. The number of rotatable bonds is 9. The number of nitro benzene ring substituents is 1. The third-order valence-electron chi connectivity index (χ3n) is 5.72. The smallest absolute Gasteiger partial charge is 0.328 e. The zero-order chi connectivity index (χ0) is 27.7. The predicted molar refractivity (Wildman–Crippen MR) is 139 cm³/mol. The Morgan fingerprint density at radius 1 is 1.11 bits per heavy atom. The molecule has 38 heavy (non-hydrogen) atoms. The number of nitrogens with zero attached hydrogens (tertiary/aromatic N) is 2. The number of anilines is 1. The van der Waals surface area contributed by atoms with Gasteiger partial charge in [0.15, 0.2) is 17.5 Å². The van der Waals surface area contributed by atoms with E-state index in [0.717, 1.165) is 0 Å². The van der Waals surface area contributed by atoms with Crippen LogP contribution < -0.4 is 10.1 Å². The van der Waals surface area contributed by atoms with Crippen molar-refractivity contribution >= 4 is 45.3 Å². The standard InChI is InChI=1S/C25H18F4IN3O5/c1-37-7-5-31-17-11-19(38-2)20(22(29)24(17)33(35)36)13-4-3-6-32-18(10-16(30)23(13)32)25(34)12-8-14(26)21(28)15(27)9-12/h3-4,6,8-11,31H,5,7H2,1-2H3. The lowest BCUT2D eigenvalue weighted by molar-refractivity contribution is -0.386. The number of nitrogens with one attached hydrogen (secondary N) is 1. The van der Waals surface area contributed by atoms with E-state index in [2.05, 4.69) is 5.32 Å². The molecule has 0 saturated heterocycles. The highest BCUT2D eigenvalue weighted by Crippen LogP contribution is 2.44. The second-order valence-electron chi connectivity index (χ2n) is 7.94. The van der Waals surface area contributed by atoms with Crippen LogP contribution in [-0.4, -0.2) is 42.5 Å². The number of pyridine rings is 1. The molecule has 0 atom stereocenters. The number of ketones is 1. The molecular weight excluding hydrogens is 625 g/mol. The van der Waals surface area contributed by atoms with Gasteiger partial charge in [-0.1, -0.05) is 6.07 Å². The van der Waals surface area contributed by atoms with E-state index in [1.165, 1.54) is 49.1 Å². The van der Waals surface area contributed by atoms with Gasteiger partial charge in [-0.2, -0.15) is 4.39 Å². The summed E-state index contributed by atoms with van der Waals surface area (Å²) in [5.41, 5.74) is -1.19. The quantitative estimate of drug-likeness (QED) is 0.0460. The van der Waals surface area contributed by atoms with Gasteiger partial charge in [-0.25, -0.2) is 13.2 Å². The molecule has 0 fully saturated rings. The highest BCUT2D eigenvalue weighted by atomic mass is 127. The van der Waals surface area contributed by atoms with Crippen LogP contribution in [0.15, 0.2) is 42.6 Å². The first-order chi connectivity index (χ1) is 18.1. The van der Waals surface area contributed by atoms with E-state index in [0.29, 0.717) is 15.7 Å². The molecule has 13 heteroatoms. The zero-order valence-electron chi connectivity index (χ0n) is 19.8. The summed E-state index contributed by atoms with van der Waals surface area (Å²) in [6, 6.07) is 6.82. The lowest BCUT2D eigenvalue weighted by Crippen LogP contribution is -2.11. The van der Waals surface area contributed by atoms with Crippen LogP contribution >= 0.6 is 22.6 Å². The van der Waals surface area contributed by atoms with Crippen molar-refractivity contribution in [2.24, 2.45) is 0 Å². The van der Waals surface area contributed by atoms with Gasteiger partial charge in [0.05, 0.1) is 35.4 Å². The molecule has 1 N–H and O–H groups in total. The Morgan fingerprint density at radius 3 is 2.39 bits per heavy atom. The average Bonchev–Trinajstić information content (AvgIpc) is 3.22. The molecule has 4 rings (SSSR count). The number of carbonyl (C=O) groups is 1. The summed E-state index contributed by atoms with van der Waals surface area (Å²) in [7, 11) is 2.72. The summed E-state index contributed by atoms with van der Waals surface area (Å²) in [6.45, 7) is 0.380. The van der Waals surface area contributed by atoms with Gasteiger partial charge in [0, 0.05) is 40.6 Å². The van der Waals surface area contributed by atoms with Gasteiger partial charge in [0.1, 0.15) is 11.4 Å². The van der Waals surface area contributed by atoms with Gasteiger partial charge in [0.2, 0.25) is 11.6 Å². The number of benzene rings is 2. The van der Waals surface area contributed by atoms with Gasteiger partial charge in [-0.05, 0) is 46.9 Å². The van der Waals surface area contributed by atoms with Crippen molar-refractivity contribution in [1.82, 2.24) is 4.40 Å². The Kier molecular flexibility index (Phi) is 7.87. The molecule has 0 bridgehead atoms. The topological polar surface area (TPSA) is 95.1 Å². The maximum atomic E-state index is 15.9. The van der Waals surface area contributed by atoms with Crippen molar-refractivity contribution in [3.8, 4) is 16.9 Å². The molecular formula is C25H18F4IN3O5. The number of hydrogen-bond acceptors (Lipinski definition) is 6. The molecule has 0 aliphatic carbocycles. The highest BCUT2D eigenvalue weighted by molar-refractivity contribution is 14.1. The second kappa shape index (κ2) is 10.9. The minimum absolute atomic E-state index is 0.0197. The molecule has 2 aromatic heterocycles. The van der Waals surface area contributed by atoms with E-state index < -0.39 is 45.2 Å². The van der Waals surface area contributed by atoms with Gasteiger partial charge < -0.3 is 19.2 Å². The zero-order valence-corrected chi connectivity index (χ0v) is 21.9. The van der Waals surface area contributed by atoms with Crippen LogP contribution in [0.4, 0.5) is 28.9 Å². The first-order valence-electron chi connectivity index (χ1n) is 10.9. The van der Waals surface area contributed by atoms with Crippen LogP contribution in [-0.2, 0) is 4.74 Å². The maximum absolute atomic E-state index is 15.9. The van der Waals surface area contributed by atoms with Gasteiger partial charge in [-0.15, -0.1) is 0 Å². The lowest BCUT2D eigenvalue weighted by atomic mass is 10.0. The molecule has 4 aromatic rings. The Hall–Kier alpha value is -3.72. The van der Waals surface area contributed by atoms with Gasteiger partial charge in [0.25, 0.3) is 0 Å². The minimum atomic E-state index is -1.71. The number of halogens is 5. The molecule has 2 aromatic carbocycles. The van der Waals surface area contributed by atoms with Crippen LogP contribution in [0.5, 0.6) is 5.75 Å². The highest BCUT2D eigenvalue weighted by Gasteiger charge is 2.30. The first kappa shape index (κ1) is 27.3. The van der Waals surface area contributed by atoms with Crippen LogP contribution in [0.1, 0.15) is 16.1 Å². The Morgan fingerprint density at radius 2 is 1.79 bits per heavy atom. The van der Waals surface area contributed by atoms with Crippen molar-refractivity contribution in [3.63, 3.8) is 0 Å². The predicted octanol–water partition coefficient (Wildman–Crippen LogP) is 5.97. The van der Waals surface area contributed by atoms with Crippen molar-refractivity contribution in [1.29, 1.82) is 0 Å². The number of aromatic nitrogens is 1. The van der Waals surface area contributed by atoms with E-state index in [4.69, 9.17) is 9.47 Å². The molecule has 0 unspecified atom stereocenters. The number of fused-ring (bicyclic) bond motifs is 1. The van der Waals surface area contributed by atoms with Gasteiger partial charge >= 0.3 is 5.69 Å². The summed E-state index contributed by atoms with van der Waals surface area (Å²) >= 11 is 1.88. The van der Waals surface area contributed by atoms with Crippen LogP contribution in [0.3, 0.4) is 0 Å². The SMILES string of the molecule is COCCNc1cc(OC)c(-c2cccn3c(C(=O)c4cc(F)c(F)c(F)c4)cc(I)c23)c(F)c1[N+](=O)[O-]. The van der Waals surface area contributed by atoms with Crippen molar-refractivity contribution in [2.75, 3.05) is 32.7 Å².